The third-order valence-corrected chi connectivity index (χ3v) is 5.76. The Hall–Kier alpha value is -1.27. The zero-order valence-electron chi connectivity index (χ0n) is 11.4. The average Bonchev–Trinajstić information content (AvgIpc) is 2.52. The molecule has 2 aromatic rings. The van der Waals surface area contributed by atoms with Gasteiger partial charge in [-0.3, -0.25) is 0 Å². The molecule has 2 nitrogen and oxygen atoms in total. The van der Waals surface area contributed by atoms with E-state index in [-0.39, 0.29) is 0 Å². The van der Waals surface area contributed by atoms with Gasteiger partial charge in [-0.05, 0) is 0 Å². The Morgan fingerprint density at radius 3 is 2.30 bits per heavy atom. The molecule has 20 heavy (non-hydrogen) atoms. The topological polar surface area (TPSA) is 29.5 Å². The Balaban J connectivity index is 2.20. The molecule has 0 aliphatic carbocycles. The van der Waals surface area contributed by atoms with Crippen molar-refractivity contribution < 1.29 is 9.84 Å². The van der Waals surface area contributed by atoms with Gasteiger partial charge in [-0.15, -0.1) is 0 Å². The Kier molecular flexibility index (Phi) is 6.14. The normalized spacial score (nSPS) is 13.0. The van der Waals surface area contributed by atoms with E-state index in [0.29, 0.717) is 6.61 Å². The molecule has 0 aromatic heterocycles. The van der Waals surface area contributed by atoms with E-state index in [4.69, 9.17) is 4.74 Å². The van der Waals surface area contributed by atoms with Crippen LogP contribution in [0.25, 0.3) is 0 Å². The van der Waals surface area contributed by atoms with Crippen molar-refractivity contribution in [2.45, 2.75) is 13.0 Å². The van der Waals surface area contributed by atoms with Gasteiger partial charge in [0.05, 0.1) is 0 Å². The molecule has 1 atom stereocenters. The summed E-state index contributed by atoms with van der Waals surface area (Å²) < 4.78 is 7.71. The van der Waals surface area contributed by atoms with Crippen molar-refractivity contribution in [3.05, 3.63) is 76.1 Å². The summed E-state index contributed by atoms with van der Waals surface area (Å²) in [6.45, 7) is 2.57. The van der Waals surface area contributed by atoms with Crippen molar-refractivity contribution >= 4 is 24.5 Å². The second-order valence-electron chi connectivity index (χ2n) is 4.20. The molecule has 0 aliphatic heterocycles. The van der Waals surface area contributed by atoms with E-state index in [1.165, 1.54) is 3.61 Å². The number of hydrogen-bond acceptors (Lipinski definition) is 2. The van der Waals surface area contributed by atoms with Crippen LogP contribution in [0.15, 0.2) is 70.5 Å². The molecule has 1 N–H and O–H groups in total. The van der Waals surface area contributed by atoms with E-state index in [0.717, 1.165) is 9.18 Å². The van der Waals surface area contributed by atoms with Gasteiger partial charge < -0.3 is 0 Å². The molecule has 0 saturated heterocycles. The van der Waals surface area contributed by atoms with Gasteiger partial charge in [-0.1, -0.05) is 0 Å². The molecule has 0 aliphatic rings. The summed E-state index contributed by atoms with van der Waals surface area (Å²) in [6.07, 6.45) is 1.16. The van der Waals surface area contributed by atoms with Gasteiger partial charge in [0.25, 0.3) is 0 Å². The second-order valence-corrected chi connectivity index (χ2v) is 7.48. The number of hydrogen-bond donors (Lipinski definition) is 1. The van der Waals surface area contributed by atoms with E-state index in [9.17, 15) is 5.11 Å². The summed E-state index contributed by atoms with van der Waals surface area (Å²) in [6, 6.07) is 20.0. The quantitative estimate of drug-likeness (QED) is 0.615. The van der Waals surface area contributed by atoms with Gasteiger partial charge in [0.2, 0.25) is 0 Å². The Morgan fingerprint density at radius 1 is 1.10 bits per heavy atom. The van der Waals surface area contributed by atoms with Gasteiger partial charge >= 0.3 is 130 Å². The summed E-state index contributed by atoms with van der Waals surface area (Å²) in [4.78, 5) is 0. The zero-order chi connectivity index (χ0) is 14.2. The van der Waals surface area contributed by atoms with Crippen LogP contribution in [0.1, 0.15) is 18.6 Å². The Bertz CT molecular complexity index is 537. The molecule has 0 saturated carbocycles. The fourth-order valence-electron chi connectivity index (χ4n) is 1.73. The molecule has 0 heterocycles. The van der Waals surface area contributed by atoms with Crippen molar-refractivity contribution in [2.75, 3.05) is 6.61 Å². The first kappa shape index (κ1) is 15.1. The van der Waals surface area contributed by atoms with Gasteiger partial charge in [-0.25, -0.2) is 0 Å². The molecule has 0 amide bonds. The van der Waals surface area contributed by atoms with Crippen LogP contribution in [0.3, 0.4) is 0 Å². The summed E-state index contributed by atoms with van der Waals surface area (Å²) in [5.74, 6) is 0. The van der Waals surface area contributed by atoms with Crippen molar-refractivity contribution in [2.24, 2.45) is 0 Å². The fourth-order valence-corrected chi connectivity index (χ4v) is 4.39. The van der Waals surface area contributed by atoms with Crippen LogP contribution in [0.4, 0.5) is 0 Å². The van der Waals surface area contributed by atoms with Crippen LogP contribution >= 0.6 is 0 Å². The first-order chi connectivity index (χ1) is 9.81. The number of benzene rings is 2. The summed E-state index contributed by atoms with van der Waals surface area (Å²) in [5.41, 5.74) is 0.916. The number of rotatable bonds is 6. The van der Waals surface area contributed by atoms with Crippen molar-refractivity contribution in [1.29, 1.82) is 0 Å². The summed E-state index contributed by atoms with van der Waals surface area (Å²) in [5, 5.41) is 10.6. The summed E-state index contributed by atoms with van der Waals surface area (Å²) >= 11 is -0.633. The predicted octanol–water partition coefficient (Wildman–Crippen LogP) is 2.63. The van der Waals surface area contributed by atoms with Crippen LogP contribution in [0.5, 0.6) is 0 Å². The minimum absolute atomic E-state index is 0.578. The number of aliphatic hydroxyl groups is 1. The SMILES string of the molecule is CCO/C=C(/[Te]c1ccccc1)C(O)c1ccccc1. The monoisotopic (exact) mass is 384 g/mol. The van der Waals surface area contributed by atoms with Gasteiger partial charge in [0.15, 0.2) is 0 Å². The van der Waals surface area contributed by atoms with Crippen LogP contribution in [-0.4, -0.2) is 32.6 Å². The van der Waals surface area contributed by atoms with Crippen LogP contribution in [-0.2, 0) is 4.74 Å². The molecule has 0 bridgehead atoms. The predicted molar refractivity (Wildman–Crippen MR) is 82.9 cm³/mol. The first-order valence-electron chi connectivity index (χ1n) is 6.59. The van der Waals surface area contributed by atoms with Crippen molar-refractivity contribution in [3.8, 4) is 0 Å². The summed E-state index contributed by atoms with van der Waals surface area (Å²) in [7, 11) is 0. The maximum absolute atomic E-state index is 10.6. The van der Waals surface area contributed by atoms with E-state index in [2.05, 4.69) is 12.1 Å². The van der Waals surface area contributed by atoms with Gasteiger partial charge in [0, 0.05) is 0 Å². The number of ether oxygens (including phenoxy) is 1. The minimum atomic E-state index is -0.633. The standard InChI is InChI=1S/C17H18O2Te/c1-2-19-13-16(20-15-11-7-4-8-12-15)17(18)14-9-5-3-6-10-14/h3-13,17-18H,2H2,1H3/b16-13+. The Labute approximate surface area is 130 Å². The Morgan fingerprint density at radius 2 is 1.70 bits per heavy atom. The molecule has 0 fully saturated rings. The molecule has 2 aromatic carbocycles. The van der Waals surface area contributed by atoms with Gasteiger partial charge in [0.1, 0.15) is 0 Å². The first-order valence-corrected chi connectivity index (χ1v) is 8.92. The van der Waals surface area contributed by atoms with Crippen molar-refractivity contribution in [1.82, 2.24) is 0 Å². The molecular weight excluding hydrogens is 364 g/mol. The number of aliphatic hydroxyl groups excluding tert-OH is 1. The van der Waals surface area contributed by atoms with Crippen LogP contribution in [0, 0.1) is 0 Å². The van der Waals surface area contributed by atoms with E-state index in [1.54, 1.807) is 6.26 Å². The van der Waals surface area contributed by atoms with Crippen molar-refractivity contribution in [3.63, 3.8) is 0 Å². The molecule has 0 radical (unpaired) electrons. The van der Waals surface area contributed by atoms with Crippen LogP contribution < -0.4 is 3.61 Å². The molecule has 0 spiro atoms. The second kappa shape index (κ2) is 8.11. The molecule has 104 valence electrons. The van der Waals surface area contributed by atoms with E-state index >= 15 is 0 Å². The van der Waals surface area contributed by atoms with E-state index in [1.807, 2.05) is 55.5 Å². The third kappa shape index (κ3) is 4.38. The van der Waals surface area contributed by atoms with Gasteiger partial charge in [-0.2, -0.15) is 0 Å². The molecule has 2 rings (SSSR count). The van der Waals surface area contributed by atoms with E-state index < -0.39 is 27.0 Å². The molecule has 3 heteroatoms. The molecular formula is C17H18O2Te. The van der Waals surface area contributed by atoms with Crippen LogP contribution in [0.2, 0.25) is 0 Å². The zero-order valence-corrected chi connectivity index (χ0v) is 13.7. The maximum atomic E-state index is 10.6. The third-order valence-electron chi connectivity index (χ3n) is 2.73. The fraction of sp³-hybridized carbons (Fsp3) is 0.176. The molecule has 1 unspecified atom stereocenters. The average molecular weight is 382 g/mol.